The van der Waals surface area contributed by atoms with Crippen molar-refractivity contribution < 1.29 is 19.1 Å². The fraction of sp³-hybridized carbons (Fsp3) is 0.440. The number of carbonyl (C=O) groups is 2. The number of benzene rings is 2. The average Bonchev–Trinajstić information content (AvgIpc) is 2.75. The van der Waals surface area contributed by atoms with E-state index in [1.54, 1.807) is 0 Å². The molecular formula is C25H31NO4. The largest absolute Gasteiger partial charge is 0.461 e. The number of nitrogens with zero attached hydrogens (tertiary/aromatic N) is 1. The molecule has 1 fully saturated rings. The quantitative estimate of drug-likeness (QED) is 0.590. The standard InChI is InChI=1S/C25H31NO4/c1-21(27)30-25(19-22-11-5-2-6-12-22,20-23-13-7-3-8-14-23)24(28)29-18-17-26-15-9-4-10-16-26/h2-3,5-8,11-14H,4,9-10,15-20H2,1H3. The van der Waals surface area contributed by atoms with Gasteiger partial charge in [-0.05, 0) is 37.1 Å². The van der Waals surface area contributed by atoms with E-state index < -0.39 is 17.5 Å². The number of rotatable bonds is 9. The summed E-state index contributed by atoms with van der Waals surface area (Å²) in [5, 5.41) is 0. The second-order valence-corrected chi connectivity index (χ2v) is 7.95. The third kappa shape index (κ3) is 6.42. The van der Waals surface area contributed by atoms with Crippen LogP contribution in [0.3, 0.4) is 0 Å². The van der Waals surface area contributed by atoms with E-state index in [1.165, 1.54) is 26.2 Å². The van der Waals surface area contributed by atoms with E-state index in [2.05, 4.69) is 4.90 Å². The molecule has 0 unspecified atom stereocenters. The van der Waals surface area contributed by atoms with Crippen molar-refractivity contribution in [1.82, 2.24) is 4.90 Å². The Morgan fingerprint density at radius 1 is 0.867 bits per heavy atom. The lowest BCUT2D eigenvalue weighted by Crippen LogP contribution is -2.49. The number of likely N-dealkylation sites (tertiary alicyclic amines) is 1. The lowest BCUT2D eigenvalue weighted by Gasteiger charge is -2.32. The van der Waals surface area contributed by atoms with E-state index in [0.29, 0.717) is 13.2 Å². The van der Waals surface area contributed by atoms with Crippen LogP contribution in [0.2, 0.25) is 0 Å². The van der Waals surface area contributed by atoms with Gasteiger partial charge in [-0.25, -0.2) is 4.79 Å². The highest BCUT2D eigenvalue weighted by molar-refractivity contribution is 5.84. The van der Waals surface area contributed by atoms with Gasteiger partial charge in [0.25, 0.3) is 0 Å². The van der Waals surface area contributed by atoms with Crippen LogP contribution in [0.5, 0.6) is 0 Å². The number of piperidine rings is 1. The Bertz CT molecular complexity index is 759. The summed E-state index contributed by atoms with van der Waals surface area (Å²) in [4.78, 5) is 27.7. The average molecular weight is 410 g/mol. The molecule has 1 aliphatic heterocycles. The van der Waals surface area contributed by atoms with Crippen molar-refractivity contribution in [2.75, 3.05) is 26.2 Å². The molecule has 0 N–H and O–H groups in total. The van der Waals surface area contributed by atoms with Crippen molar-refractivity contribution in [2.45, 2.75) is 44.6 Å². The maximum Gasteiger partial charge on any atom is 0.351 e. The molecule has 1 aliphatic rings. The van der Waals surface area contributed by atoms with Crippen LogP contribution in [-0.2, 0) is 31.9 Å². The molecule has 0 aromatic heterocycles. The molecule has 0 spiro atoms. The zero-order chi connectivity index (χ0) is 21.2. The SMILES string of the molecule is CC(=O)OC(Cc1ccccc1)(Cc1ccccc1)C(=O)OCCN1CCCCC1. The first-order chi connectivity index (χ1) is 14.6. The van der Waals surface area contributed by atoms with Gasteiger partial charge in [0.05, 0.1) is 0 Å². The normalized spacial score (nSPS) is 14.8. The van der Waals surface area contributed by atoms with E-state index in [4.69, 9.17) is 9.47 Å². The van der Waals surface area contributed by atoms with Crippen LogP contribution in [-0.4, -0.2) is 48.7 Å². The summed E-state index contributed by atoms with van der Waals surface area (Å²) in [6.45, 7) is 4.43. The van der Waals surface area contributed by atoms with Crippen LogP contribution in [0.4, 0.5) is 0 Å². The smallest absolute Gasteiger partial charge is 0.351 e. The zero-order valence-corrected chi connectivity index (χ0v) is 17.7. The zero-order valence-electron chi connectivity index (χ0n) is 17.7. The first-order valence-corrected chi connectivity index (χ1v) is 10.7. The highest BCUT2D eigenvalue weighted by Gasteiger charge is 2.44. The van der Waals surface area contributed by atoms with Gasteiger partial charge in [-0.1, -0.05) is 67.1 Å². The second-order valence-electron chi connectivity index (χ2n) is 7.95. The molecule has 5 heteroatoms. The fourth-order valence-electron chi connectivity index (χ4n) is 4.03. The van der Waals surface area contributed by atoms with Crippen molar-refractivity contribution in [3.05, 3.63) is 71.8 Å². The van der Waals surface area contributed by atoms with Crippen molar-refractivity contribution in [3.63, 3.8) is 0 Å². The Kier molecular flexibility index (Phi) is 8.03. The van der Waals surface area contributed by atoms with Crippen LogP contribution in [0.1, 0.15) is 37.3 Å². The molecule has 1 saturated heterocycles. The van der Waals surface area contributed by atoms with E-state index >= 15 is 0 Å². The summed E-state index contributed by atoms with van der Waals surface area (Å²) in [6, 6.07) is 19.2. The molecule has 30 heavy (non-hydrogen) atoms. The van der Waals surface area contributed by atoms with Gasteiger partial charge in [0, 0.05) is 26.3 Å². The summed E-state index contributed by atoms with van der Waals surface area (Å²) in [5.41, 5.74) is 0.446. The van der Waals surface area contributed by atoms with Crippen LogP contribution in [0, 0.1) is 0 Å². The number of hydrogen-bond donors (Lipinski definition) is 0. The van der Waals surface area contributed by atoms with Gasteiger partial charge < -0.3 is 9.47 Å². The number of hydrogen-bond acceptors (Lipinski definition) is 5. The summed E-state index contributed by atoms with van der Waals surface area (Å²) < 4.78 is 11.4. The van der Waals surface area contributed by atoms with Gasteiger partial charge in [0.1, 0.15) is 6.61 Å². The first kappa shape index (κ1) is 22.0. The minimum absolute atomic E-state index is 0.269. The van der Waals surface area contributed by atoms with Crippen LogP contribution in [0.15, 0.2) is 60.7 Å². The van der Waals surface area contributed by atoms with E-state index in [1.807, 2.05) is 60.7 Å². The molecule has 0 atom stereocenters. The van der Waals surface area contributed by atoms with Crippen LogP contribution >= 0.6 is 0 Å². The topological polar surface area (TPSA) is 55.8 Å². The molecule has 2 aromatic carbocycles. The maximum atomic E-state index is 13.3. The Morgan fingerprint density at radius 3 is 1.90 bits per heavy atom. The molecule has 160 valence electrons. The Morgan fingerprint density at radius 2 is 1.40 bits per heavy atom. The molecule has 0 aliphatic carbocycles. The summed E-state index contributed by atoms with van der Waals surface area (Å²) in [7, 11) is 0. The Labute approximate surface area is 179 Å². The minimum Gasteiger partial charge on any atom is -0.461 e. The molecule has 0 saturated carbocycles. The minimum atomic E-state index is -1.39. The Hall–Kier alpha value is -2.66. The highest BCUT2D eigenvalue weighted by atomic mass is 16.6. The van der Waals surface area contributed by atoms with Gasteiger partial charge in [0.2, 0.25) is 5.60 Å². The third-order valence-electron chi connectivity index (χ3n) is 5.47. The molecule has 0 radical (unpaired) electrons. The predicted octanol–water partition coefficient (Wildman–Crippen LogP) is 3.80. The molecule has 0 amide bonds. The molecule has 2 aromatic rings. The molecule has 1 heterocycles. The van der Waals surface area contributed by atoms with Gasteiger partial charge in [-0.3, -0.25) is 9.69 Å². The predicted molar refractivity (Wildman–Crippen MR) is 116 cm³/mol. The Balaban J connectivity index is 1.79. The van der Waals surface area contributed by atoms with Gasteiger partial charge in [-0.15, -0.1) is 0 Å². The maximum absolute atomic E-state index is 13.3. The summed E-state index contributed by atoms with van der Waals surface area (Å²) >= 11 is 0. The van der Waals surface area contributed by atoms with Crippen molar-refractivity contribution in [1.29, 1.82) is 0 Å². The summed E-state index contributed by atoms with van der Waals surface area (Å²) in [5.74, 6) is -0.975. The van der Waals surface area contributed by atoms with Crippen molar-refractivity contribution >= 4 is 11.9 Å². The van der Waals surface area contributed by atoms with Crippen LogP contribution in [0.25, 0.3) is 0 Å². The van der Waals surface area contributed by atoms with Crippen molar-refractivity contribution in [3.8, 4) is 0 Å². The number of esters is 2. The van der Waals surface area contributed by atoms with Gasteiger partial charge >= 0.3 is 11.9 Å². The monoisotopic (exact) mass is 409 g/mol. The van der Waals surface area contributed by atoms with Crippen LogP contribution < -0.4 is 0 Å². The molecule has 5 nitrogen and oxygen atoms in total. The molecule has 0 bridgehead atoms. The van der Waals surface area contributed by atoms with Gasteiger partial charge in [-0.2, -0.15) is 0 Å². The van der Waals surface area contributed by atoms with E-state index in [9.17, 15) is 9.59 Å². The lowest BCUT2D eigenvalue weighted by molar-refractivity contribution is -0.182. The fourth-order valence-corrected chi connectivity index (χ4v) is 4.03. The molecular weight excluding hydrogens is 378 g/mol. The second kappa shape index (κ2) is 10.9. The first-order valence-electron chi connectivity index (χ1n) is 10.7. The third-order valence-corrected chi connectivity index (χ3v) is 5.47. The van der Waals surface area contributed by atoms with E-state index in [0.717, 1.165) is 24.2 Å². The van der Waals surface area contributed by atoms with E-state index in [-0.39, 0.29) is 12.8 Å². The summed E-state index contributed by atoms with van der Waals surface area (Å²) in [6.07, 6.45) is 4.18. The lowest BCUT2D eigenvalue weighted by atomic mass is 9.87. The van der Waals surface area contributed by atoms with Crippen molar-refractivity contribution in [2.24, 2.45) is 0 Å². The number of carbonyl (C=O) groups excluding carboxylic acids is 2. The van der Waals surface area contributed by atoms with Gasteiger partial charge in [0.15, 0.2) is 0 Å². The number of ether oxygens (including phenoxy) is 2. The highest BCUT2D eigenvalue weighted by Crippen LogP contribution is 2.26. The molecule has 3 rings (SSSR count).